The Balaban J connectivity index is 3.44. The van der Waals surface area contributed by atoms with Crippen molar-refractivity contribution in [2.45, 2.75) is 31.7 Å². The molecule has 2 atom stereocenters. The topological polar surface area (TPSA) is 120 Å². The quantitative estimate of drug-likeness (QED) is 0.557. The van der Waals surface area contributed by atoms with Gasteiger partial charge in [0.1, 0.15) is 5.60 Å². The van der Waals surface area contributed by atoms with Crippen LogP contribution in [-0.2, 0) is 17.0 Å². The zero-order valence-corrected chi connectivity index (χ0v) is 10.7. The molecule has 0 radical (unpaired) electrons. The van der Waals surface area contributed by atoms with Crippen LogP contribution < -0.4 is 4.74 Å². The summed E-state index contributed by atoms with van der Waals surface area (Å²) in [6.07, 6.45) is -0.765. The lowest BCUT2D eigenvalue weighted by atomic mass is 9.83. The molecule has 7 nitrogen and oxygen atoms in total. The fourth-order valence-corrected chi connectivity index (χ4v) is 1.94. The van der Waals surface area contributed by atoms with Crippen LogP contribution in [0.25, 0.3) is 0 Å². The second kappa shape index (κ2) is 5.96. The van der Waals surface area contributed by atoms with Crippen LogP contribution in [0, 0.1) is 0 Å². The third kappa shape index (κ3) is 2.67. The van der Waals surface area contributed by atoms with E-state index in [2.05, 4.69) is 4.98 Å². The SMILES string of the molecule is CC[C@@](O)(c1ccnc(OC)c1CO)[C@H](O)C(=O)O. The number of carboxylic acid groups (broad SMARTS) is 1. The lowest BCUT2D eigenvalue weighted by Gasteiger charge is -2.31. The summed E-state index contributed by atoms with van der Waals surface area (Å²) in [5.74, 6) is -1.48. The smallest absolute Gasteiger partial charge is 0.335 e. The van der Waals surface area contributed by atoms with E-state index in [1.165, 1.54) is 26.3 Å². The highest BCUT2D eigenvalue weighted by atomic mass is 16.5. The Bertz CT molecular complexity index is 464. The van der Waals surface area contributed by atoms with Gasteiger partial charge in [0.2, 0.25) is 5.88 Å². The normalized spacial score (nSPS) is 15.6. The molecule has 1 heterocycles. The summed E-state index contributed by atoms with van der Waals surface area (Å²) in [6, 6.07) is 1.35. The maximum Gasteiger partial charge on any atom is 0.335 e. The summed E-state index contributed by atoms with van der Waals surface area (Å²) < 4.78 is 4.95. The molecule has 0 amide bonds. The van der Waals surface area contributed by atoms with Crippen LogP contribution >= 0.6 is 0 Å². The molecule has 1 aromatic rings. The molecule has 0 bridgehead atoms. The minimum absolute atomic E-state index is 0.0549. The lowest BCUT2D eigenvalue weighted by molar-refractivity contribution is -0.165. The first kappa shape index (κ1) is 15.4. The predicted molar refractivity (Wildman–Crippen MR) is 64.5 cm³/mol. The molecule has 7 heteroatoms. The molecule has 106 valence electrons. The van der Waals surface area contributed by atoms with Crippen LogP contribution in [-0.4, -0.2) is 44.6 Å². The molecule has 0 spiro atoms. The van der Waals surface area contributed by atoms with Crippen molar-refractivity contribution < 1.29 is 30.0 Å². The van der Waals surface area contributed by atoms with Crippen molar-refractivity contribution in [3.05, 3.63) is 23.4 Å². The van der Waals surface area contributed by atoms with E-state index < -0.39 is 24.3 Å². The van der Waals surface area contributed by atoms with Crippen molar-refractivity contribution in [2.75, 3.05) is 7.11 Å². The van der Waals surface area contributed by atoms with Gasteiger partial charge in [0, 0.05) is 11.8 Å². The maximum absolute atomic E-state index is 10.9. The lowest BCUT2D eigenvalue weighted by Crippen LogP contribution is -2.45. The number of aromatic nitrogens is 1. The summed E-state index contributed by atoms with van der Waals surface area (Å²) in [4.78, 5) is 14.8. The Labute approximate surface area is 110 Å². The van der Waals surface area contributed by atoms with Gasteiger partial charge in [-0.05, 0) is 18.1 Å². The number of hydrogen-bond acceptors (Lipinski definition) is 6. The van der Waals surface area contributed by atoms with Gasteiger partial charge in [0.25, 0.3) is 0 Å². The van der Waals surface area contributed by atoms with Crippen LogP contribution in [0.5, 0.6) is 5.88 Å². The number of aliphatic hydroxyl groups is 3. The molecule has 0 aromatic carbocycles. The number of nitrogens with zero attached hydrogens (tertiary/aromatic N) is 1. The van der Waals surface area contributed by atoms with Gasteiger partial charge < -0.3 is 25.2 Å². The number of carboxylic acids is 1. The van der Waals surface area contributed by atoms with E-state index in [1.54, 1.807) is 0 Å². The number of aliphatic hydroxyl groups excluding tert-OH is 2. The molecule has 0 fully saturated rings. The van der Waals surface area contributed by atoms with Crippen LogP contribution in [0.3, 0.4) is 0 Å². The second-order valence-corrected chi connectivity index (χ2v) is 4.02. The molecule has 0 unspecified atom stereocenters. The summed E-state index contributed by atoms with van der Waals surface area (Å²) >= 11 is 0. The molecule has 0 aliphatic rings. The molecule has 19 heavy (non-hydrogen) atoms. The first-order chi connectivity index (χ1) is 8.92. The Kier molecular flexibility index (Phi) is 4.82. The minimum atomic E-state index is -2.03. The average Bonchev–Trinajstić information content (AvgIpc) is 2.44. The average molecular weight is 271 g/mol. The second-order valence-electron chi connectivity index (χ2n) is 4.02. The summed E-state index contributed by atoms with van der Waals surface area (Å²) in [5, 5.41) is 38.4. The molecule has 0 aliphatic heterocycles. The van der Waals surface area contributed by atoms with Crippen LogP contribution in [0.4, 0.5) is 0 Å². The summed E-state index contributed by atoms with van der Waals surface area (Å²) in [6.45, 7) is 1.03. The van der Waals surface area contributed by atoms with E-state index in [0.29, 0.717) is 0 Å². The van der Waals surface area contributed by atoms with Crippen molar-refractivity contribution in [1.82, 2.24) is 4.98 Å². The predicted octanol–water partition coefficient (Wildman–Crippen LogP) is -0.374. The van der Waals surface area contributed by atoms with E-state index >= 15 is 0 Å². The number of aliphatic carboxylic acids is 1. The maximum atomic E-state index is 10.9. The number of rotatable bonds is 6. The van der Waals surface area contributed by atoms with E-state index in [0.717, 1.165) is 0 Å². The third-order valence-corrected chi connectivity index (χ3v) is 3.06. The Morgan fingerprint density at radius 3 is 2.63 bits per heavy atom. The molecule has 1 aromatic heterocycles. The number of hydrogen-bond donors (Lipinski definition) is 4. The fraction of sp³-hybridized carbons (Fsp3) is 0.500. The molecule has 0 saturated heterocycles. The number of ether oxygens (including phenoxy) is 1. The minimum Gasteiger partial charge on any atom is -0.481 e. The highest BCUT2D eigenvalue weighted by Crippen LogP contribution is 2.34. The van der Waals surface area contributed by atoms with Crippen molar-refractivity contribution in [2.24, 2.45) is 0 Å². The third-order valence-electron chi connectivity index (χ3n) is 3.06. The zero-order chi connectivity index (χ0) is 14.6. The Morgan fingerprint density at radius 1 is 1.58 bits per heavy atom. The van der Waals surface area contributed by atoms with Gasteiger partial charge in [0.15, 0.2) is 6.10 Å². The largest absolute Gasteiger partial charge is 0.481 e. The van der Waals surface area contributed by atoms with Crippen molar-refractivity contribution in [3.8, 4) is 5.88 Å². The van der Waals surface area contributed by atoms with Crippen molar-refractivity contribution in [3.63, 3.8) is 0 Å². The summed E-state index contributed by atoms with van der Waals surface area (Å²) in [5.41, 5.74) is -1.80. The van der Waals surface area contributed by atoms with Crippen LogP contribution in [0.15, 0.2) is 12.3 Å². The van der Waals surface area contributed by atoms with E-state index in [4.69, 9.17) is 9.84 Å². The monoisotopic (exact) mass is 271 g/mol. The Morgan fingerprint density at radius 2 is 2.21 bits per heavy atom. The molecular weight excluding hydrogens is 254 g/mol. The fourth-order valence-electron chi connectivity index (χ4n) is 1.94. The number of carbonyl (C=O) groups is 1. The first-order valence-electron chi connectivity index (χ1n) is 5.68. The summed E-state index contributed by atoms with van der Waals surface area (Å²) in [7, 11) is 1.34. The van der Waals surface area contributed by atoms with Gasteiger partial charge in [-0.2, -0.15) is 0 Å². The van der Waals surface area contributed by atoms with E-state index in [-0.39, 0.29) is 23.4 Å². The molecule has 1 rings (SSSR count). The molecule has 0 saturated carbocycles. The van der Waals surface area contributed by atoms with Gasteiger partial charge in [-0.15, -0.1) is 0 Å². The van der Waals surface area contributed by atoms with Crippen molar-refractivity contribution in [1.29, 1.82) is 0 Å². The molecule has 0 aliphatic carbocycles. The van der Waals surface area contributed by atoms with E-state index in [1.807, 2.05) is 0 Å². The highest BCUT2D eigenvalue weighted by molar-refractivity contribution is 5.74. The van der Waals surface area contributed by atoms with Gasteiger partial charge in [-0.25, -0.2) is 9.78 Å². The highest BCUT2D eigenvalue weighted by Gasteiger charge is 2.42. The molecule has 4 N–H and O–H groups in total. The van der Waals surface area contributed by atoms with Crippen molar-refractivity contribution >= 4 is 5.97 Å². The van der Waals surface area contributed by atoms with Gasteiger partial charge in [-0.1, -0.05) is 6.92 Å². The molecular formula is C12H17NO6. The number of methoxy groups -OCH3 is 1. The van der Waals surface area contributed by atoms with Crippen LogP contribution in [0.1, 0.15) is 24.5 Å². The van der Waals surface area contributed by atoms with E-state index in [9.17, 15) is 20.1 Å². The van der Waals surface area contributed by atoms with Gasteiger partial charge in [-0.3, -0.25) is 0 Å². The standard InChI is InChI=1S/C12H17NO6/c1-3-12(18,9(15)11(16)17)8-4-5-13-10(19-2)7(8)6-14/h4-5,9,14-15,18H,3,6H2,1-2H3,(H,16,17)/t9-,12-/m1/s1. The van der Waals surface area contributed by atoms with Gasteiger partial charge in [0.05, 0.1) is 13.7 Å². The first-order valence-corrected chi connectivity index (χ1v) is 5.68. The zero-order valence-electron chi connectivity index (χ0n) is 10.7. The van der Waals surface area contributed by atoms with Crippen LogP contribution in [0.2, 0.25) is 0 Å². The number of pyridine rings is 1. The van der Waals surface area contributed by atoms with Gasteiger partial charge >= 0.3 is 5.97 Å². The Hall–Kier alpha value is -1.70.